The molecular weight excluding hydrogens is 478 g/mol. The van der Waals surface area contributed by atoms with E-state index in [1.807, 2.05) is 32.0 Å². The molecule has 2 aromatic carbocycles. The first-order valence-corrected chi connectivity index (χ1v) is 13.3. The zero-order valence-corrected chi connectivity index (χ0v) is 22.5. The number of fused-ring (bicyclic) bond motifs is 1. The highest BCUT2D eigenvalue weighted by Gasteiger charge is 2.28. The minimum Gasteiger partial charge on any atom is -0.494 e. The number of carbonyl (C=O) groups excluding carboxylic acids is 2. The molecule has 3 aromatic rings. The third-order valence-corrected chi connectivity index (χ3v) is 6.30. The maximum atomic E-state index is 12.9. The van der Waals surface area contributed by atoms with E-state index in [2.05, 4.69) is 52.9 Å². The molecule has 200 valence electrons. The van der Waals surface area contributed by atoms with Crippen LogP contribution in [0.15, 0.2) is 54.7 Å². The summed E-state index contributed by atoms with van der Waals surface area (Å²) in [5, 5.41) is 16.0. The van der Waals surface area contributed by atoms with E-state index in [0.717, 1.165) is 25.9 Å². The summed E-state index contributed by atoms with van der Waals surface area (Å²) in [5.41, 5.74) is 3.60. The molecule has 0 bridgehead atoms. The average molecular weight is 516 g/mol. The van der Waals surface area contributed by atoms with Gasteiger partial charge in [0, 0.05) is 24.7 Å². The van der Waals surface area contributed by atoms with Gasteiger partial charge in [0.25, 0.3) is 5.91 Å². The topological polar surface area (TPSA) is 107 Å². The van der Waals surface area contributed by atoms with Crippen LogP contribution >= 0.6 is 0 Å². The van der Waals surface area contributed by atoms with Crippen molar-refractivity contribution >= 4 is 22.7 Å². The van der Waals surface area contributed by atoms with Crippen molar-refractivity contribution in [2.45, 2.75) is 52.6 Å². The number of nitrogens with one attached hydrogen (secondary N) is 2. The molecule has 2 N–H and O–H groups in total. The van der Waals surface area contributed by atoms with Gasteiger partial charge in [-0.05, 0) is 62.6 Å². The predicted octanol–water partition coefficient (Wildman–Crippen LogP) is 4.37. The van der Waals surface area contributed by atoms with Crippen LogP contribution in [0.5, 0.6) is 5.75 Å². The number of rotatable bonds is 10. The van der Waals surface area contributed by atoms with E-state index in [0.29, 0.717) is 41.8 Å². The standard InChI is InChI=1S/C28H31N5O3.C2H6/c1-20-5-7-21(8-6-20)18-30-12-3-15-36-23-9-10-26-25(16-23)24(11-13-31-26)28(35)32-19-27(34)33-14-2-4-22(33)17-29;1-2/h5-11,13,16,22,30H,2-4,12,14-15,18-19H2,1H3,(H,32,35);1-2H3. The first-order valence-electron chi connectivity index (χ1n) is 13.3. The van der Waals surface area contributed by atoms with Crippen LogP contribution in [0.1, 0.15) is 54.6 Å². The quantitative estimate of drug-likeness (QED) is 0.388. The minimum absolute atomic E-state index is 0.146. The molecule has 0 aliphatic carbocycles. The molecule has 1 aliphatic rings. The highest BCUT2D eigenvalue weighted by molar-refractivity contribution is 6.07. The van der Waals surface area contributed by atoms with Crippen molar-refractivity contribution in [2.24, 2.45) is 0 Å². The van der Waals surface area contributed by atoms with Gasteiger partial charge in [0.1, 0.15) is 11.8 Å². The maximum absolute atomic E-state index is 12.9. The number of hydrogen-bond donors (Lipinski definition) is 2. The lowest BCUT2D eigenvalue weighted by Crippen LogP contribution is -2.42. The Balaban J connectivity index is 0.00000195. The second kappa shape index (κ2) is 14.7. The van der Waals surface area contributed by atoms with E-state index in [-0.39, 0.29) is 18.4 Å². The van der Waals surface area contributed by atoms with Crippen molar-refractivity contribution < 1.29 is 14.3 Å². The Hall–Kier alpha value is -3.96. The summed E-state index contributed by atoms with van der Waals surface area (Å²) in [6.45, 7) is 8.67. The molecule has 1 saturated heterocycles. The number of hydrogen-bond acceptors (Lipinski definition) is 6. The molecule has 0 saturated carbocycles. The van der Waals surface area contributed by atoms with E-state index in [4.69, 9.17) is 4.74 Å². The summed E-state index contributed by atoms with van der Waals surface area (Å²) >= 11 is 0. The summed E-state index contributed by atoms with van der Waals surface area (Å²) in [7, 11) is 0. The van der Waals surface area contributed by atoms with Crippen molar-refractivity contribution in [3.63, 3.8) is 0 Å². The highest BCUT2D eigenvalue weighted by atomic mass is 16.5. The van der Waals surface area contributed by atoms with Gasteiger partial charge in [-0.15, -0.1) is 0 Å². The Kier molecular flexibility index (Phi) is 11.1. The molecule has 1 fully saturated rings. The number of nitriles is 1. The van der Waals surface area contributed by atoms with Gasteiger partial charge < -0.3 is 20.3 Å². The summed E-state index contributed by atoms with van der Waals surface area (Å²) in [5.74, 6) is 0.0553. The molecule has 8 nitrogen and oxygen atoms in total. The highest BCUT2D eigenvalue weighted by Crippen LogP contribution is 2.23. The van der Waals surface area contributed by atoms with E-state index in [9.17, 15) is 14.9 Å². The summed E-state index contributed by atoms with van der Waals surface area (Å²) in [6.07, 6.45) is 3.90. The molecule has 0 radical (unpaired) electrons. The Morgan fingerprint density at radius 2 is 1.95 bits per heavy atom. The van der Waals surface area contributed by atoms with Gasteiger partial charge in [-0.1, -0.05) is 43.7 Å². The predicted molar refractivity (Wildman–Crippen MR) is 149 cm³/mol. The van der Waals surface area contributed by atoms with Crippen LogP contribution in [0.2, 0.25) is 0 Å². The minimum atomic E-state index is -0.409. The first kappa shape index (κ1) is 28.6. The second-order valence-corrected chi connectivity index (χ2v) is 8.96. The summed E-state index contributed by atoms with van der Waals surface area (Å²) < 4.78 is 5.92. The number of likely N-dealkylation sites (tertiary alicyclic amines) is 1. The number of aromatic nitrogens is 1. The summed E-state index contributed by atoms with van der Waals surface area (Å²) in [4.78, 5) is 31.2. The number of amides is 2. The second-order valence-electron chi connectivity index (χ2n) is 8.96. The maximum Gasteiger partial charge on any atom is 0.252 e. The lowest BCUT2D eigenvalue weighted by Gasteiger charge is -2.19. The van der Waals surface area contributed by atoms with Gasteiger partial charge >= 0.3 is 0 Å². The Morgan fingerprint density at radius 1 is 1.16 bits per heavy atom. The number of ether oxygens (including phenoxy) is 1. The van der Waals surface area contributed by atoms with Gasteiger partial charge in [-0.25, -0.2) is 0 Å². The Bertz CT molecular complexity index is 1250. The van der Waals surface area contributed by atoms with Crippen molar-refractivity contribution in [2.75, 3.05) is 26.2 Å². The molecule has 4 rings (SSSR count). The number of aryl methyl sites for hydroxylation is 1. The molecule has 8 heteroatoms. The molecule has 2 amide bonds. The third kappa shape index (κ3) is 7.77. The van der Waals surface area contributed by atoms with Gasteiger partial charge in [0.2, 0.25) is 5.91 Å². The lowest BCUT2D eigenvalue weighted by molar-refractivity contribution is -0.130. The Labute approximate surface area is 225 Å². The zero-order chi connectivity index (χ0) is 27.3. The lowest BCUT2D eigenvalue weighted by atomic mass is 10.1. The number of nitrogens with zero attached hydrogens (tertiary/aromatic N) is 3. The zero-order valence-electron chi connectivity index (χ0n) is 22.5. The molecule has 1 aliphatic heterocycles. The smallest absolute Gasteiger partial charge is 0.252 e. The molecule has 1 atom stereocenters. The van der Waals surface area contributed by atoms with Gasteiger partial charge in [0.15, 0.2) is 0 Å². The van der Waals surface area contributed by atoms with Crippen LogP contribution in [0.3, 0.4) is 0 Å². The van der Waals surface area contributed by atoms with Crippen molar-refractivity contribution in [1.29, 1.82) is 5.26 Å². The van der Waals surface area contributed by atoms with E-state index >= 15 is 0 Å². The molecule has 38 heavy (non-hydrogen) atoms. The monoisotopic (exact) mass is 515 g/mol. The molecule has 1 unspecified atom stereocenters. The van der Waals surface area contributed by atoms with Gasteiger partial charge in [-0.2, -0.15) is 5.26 Å². The Morgan fingerprint density at radius 3 is 2.71 bits per heavy atom. The summed E-state index contributed by atoms with van der Waals surface area (Å²) in [6, 6.07) is 17.3. The molecular formula is C30H37N5O3. The van der Waals surface area contributed by atoms with Crippen LogP contribution in [0, 0.1) is 18.3 Å². The van der Waals surface area contributed by atoms with E-state index < -0.39 is 6.04 Å². The van der Waals surface area contributed by atoms with Crippen LogP contribution in [-0.4, -0.2) is 54.0 Å². The van der Waals surface area contributed by atoms with E-state index in [1.165, 1.54) is 16.0 Å². The molecule has 1 aromatic heterocycles. The van der Waals surface area contributed by atoms with Crippen LogP contribution in [0.25, 0.3) is 10.9 Å². The normalized spacial score (nSPS) is 14.4. The number of pyridine rings is 1. The largest absolute Gasteiger partial charge is 0.494 e. The fourth-order valence-electron chi connectivity index (χ4n) is 4.29. The van der Waals surface area contributed by atoms with Crippen molar-refractivity contribution in [3.8, 4) is 11.8 Å². The number of benzene rings is 2. The van der Waals surface area contributed by atoms with Crippen molar-refractivity contribution in [3.05, 3.63) is 71.4 Å². The fraction of sp³-hybridized carbons (Fsp3) is 0.400. The molecule has 2 heterocycles. The SMILES string of the molecule is CC.Cc1ccc(CNCCCOc2ccc3nccc(C(=O)NCC(=O)N4CCCC4C#N)c3c2)cc1. The third-order valence-electron chi connectivity index (χ3n) is 6.30. The number of carbonyl (C=O) groups is 2. The fourth-order valence-corrected chi connectivity index (χ4v) is 4.29. The average Bonchev–Trinajstić information content (AvgIpc) is 3.44. The van der Waals surface area contributed by atoms with Crippen LogP contribution in [0.4, 0.5) is 0 Å². The van der Waals surface area contributed by atoms with Crippen LogP contribution in [-0.2, 0) is 11.3 Å². The van der Waals surface area contributed by atoms with Gasteiger partial charge in [-0.3, -0.25) is 14.6 Å². The van der Waals surface area contributed by atoms with Crippen molar-refractivity contribution in [1.82, 2.24) is 20.5 Å². The first-order chi connectivity index (χ1) is 18.5. The van der Waals surface area contributed by atoms with Crippen LogP contribution < -0.4 is 15.4 Å². The van der Waals surface area contributed by atoms with Gasteiger partial charge in [0.05, 0.1) is 30.3 Å². The molecule has 0 spiro atoms. The van der Waals surface area contributed by atoms with E-state index in [1.54, 1.807) is 12.3 Å².